The fourth-order valence-corrected chi connectivity index (χ4v) is 4.45. The van der Waals surface area contributed by atoms with Gasteiger partial charge in [-0.05, 0) is 92.1 Å². The Morgan fingerprint density at radius 1 is 1.23 bits per heavy atom. The van der Waals surface area contributed by atoms with Crippen molar-refractivity contribution in [3.05, 3.63) is 61.9 Å². The highest BCUT2D eigenvalue weighted by atomic mass is 79.9. The number of carbonyl (C=O) groups is 1. The van der Waals surface area contributed by atoms with Crippen molar-refractivity contribution in [3.63, 3.8) is 0 Å². The molecule has 0 spiro atoms. The van der Waals surface area contributed by atoms with Crippen LogP contribution in [-0.4, -0.2) is 21.5 Å². The molecule has 3 rings (SSSR count). The molecule has 1 fully saturated rings. The number of hydrogen-bond donors (Lipinski definition) is 1. The van der Waals surface area contributed by atoms with Gasteiger partial charge in [0.25, 0.3) is 5.56 Å². The van der Waals surface area contributed by atoms with E-state index in [-0.39, 0.29) is 23.6 Å². The molecule has 1 saturated carbocycles. The standard InChI is InChI=1S/C22H27BrClN3O3/c1-22(2,3)30-21(29)25-20(15-5-4-6-16(24)13-15)14-7-9-17(10-8-14)27-19(28)12-11-18(23)26-27/h4-6,11-14,17,20H,7-10H2,1-3H3,(H,25,29). The first-order valence-corrected chi connectivity index (χ1v) is 11.3. The molecule has 162 valence electrons. The van der Waals surface area contributed by atoms with Crippen molar-refractivity contribution in [2.75, 3.05) is 0 Å². The summed E-state index contributed by atoms with van der Waals surface area (Å²) in [5.74, 6) is 0.204. The SMILES string of the molecule is CC(C)(C)OC(=O)NC(c1cccc(Cl)c1)C1CCC(n2nc(Br)ccc2=O)CC1. The van der Waals surface area contributed by atoms with E-state index in [0.717, 1.165) is 31.2 Å². The van der Waals surface area contributed by atoms with Gasteiger partial charge in [0.15, 0.2) is 0 Å². The van der Waals surface area contributed by atoms with Crippen molar-refractivity contribution in [1.29, 1.82) is 0 Å². The molecule has 1 aromatic carbocycles. The maximum Gasteiger partial charge on any atom is 0.408 e. The quantitative estimate of drug-likeness (QED) is 0.593. The first-order valence-electron chi connectivity index (χ1n) is 10.1. The summed E-state index contributed by atoms with van der Waals surface area (Å²) in [6.45, 7) is 5.53. The van der Waals surface area contributed by atoms with E-state index >= 15 is 0 Å². The Kier molecular flexibility index (Phi) is 7.24. The molecule has 1 aliphatic carbocycles. The molecule has 6 nitrogen and oxygen atoms in total. The van der Waals surface area contributed by atoms with Gasteiger partial charge < -0.3 is 10.1 Å². The number of aromatic nitrogens is 2. The summed E-state index contributed by atoms with van der Waals surface area (Å²) in [6, 6.07) is 10.6. The van der Waals surface area contributed by atoms with Gasteiger partial charge in [0.05, 0.1) is 12.1 Å². The molecule has 2 aromatic rings. The lowest BCUT2D eigenvalue weighted by Gasteiger charge is -2.35. The highest BCUT2D eigenvalue weighted by molar-refractivity contribution is 9.10. The number of nitrogens with zero attached hydrogens (tertiary/aromatic N) is 2. The first-order chi connectivity index (χ1) is 14.1. The van der Waals surface area contributed by atoms with Gasteiger partial charge in [0.1, 0.15) is 10.2 Å². The van der Waals surface area contributed by atoms with E-state index in [0.29, 0.717) is 9.63 Å². The highest BCUT2D eigenvalue weighted by Crippen LogP contribution is 2.39. The molecule has 30 heavy (non-hydrogen) atoms. The third-order valence-corrected chi connectivity index (χ3v) is 5.89. The van der Waals surface area contributed by atoms with Crippen LogP contribution in [0.3, 0.4) is 0 Å². The van der Waals surface area contributed by atoms with Crippen molar-refractivity contribution in [2.24, 2.45) is 5.92 Å². The summed E-state index contributed by atoms with van der Waals surface area (Å²) in [5.41, 5.74) is 0.281. The molecule has 1 atom stereocenters. The third kappa shape index (κ3) is 6.08. The Labute approximate surface area is 190 Å². The molecule has 0 saturated heterocycles. The van der Waals surface area contributed by atoms with Crippen LogP contribution in [0, 0.1) is 5.92 Å². The molecular weight excluding hydrogens is 470 g/mol. The van der Waals surface area contributed by atoms with Gasteiger partial charge in [-0.3, -0.25) is 4.79 Å². The average Bonchev–Trinajstić information content (AvgIpc) is 2.67. The molecular formula is C22H27BrClN3O3. The van der Waals surface area contributed by atoms with Gasteiger partial charge in [-0.1, -0.05) is 23.7 Å². The predicted octanol–water partition coefficient (Wildman–Crippen LogP) is 5.66. The molecule has 1 heterocycles. The van der Waals surface area contributed by atoms with Crippen molar-refractivity contribution in [2.45, 2.75) is 64.1 Å². The number of nitrogens with one attached hydrogen (secondary N) is 1. The van der Waals surface area contributed by atoms with Gasteiger partial charge in [0, 0.05) is 11.1 Å². The Balaban J connectivity index is 1.77. The summed E-state index contributed by atoms with van der Waals surface area (Å²) in [4.78, 5) is 24.7. The van der Waals surface area contributed by atoms with Crippen LogP contribution in [0.5, 0.6) is 0 Å². The molecule has 1 aromatic heterocycles. The Hall–Kier alpha value is -1.86. The summed E-state index contributed by atoms with van der Waals surface area (Å²) in [6.07, 6.45) is 2.86. The van der Waals surface area contributed by atoms with Crippen LogP contribution in [-0.2, 0) is 4.74 Å². The summed E-state index contributed by atoms with van der Waals surface area (Å²) in [5, 5.41) is 8.02. The molecule has 1 N–H and O–H groups in total. The molecule has 1 unspecified atom stereocenters. The van der Waals surface area contributed by atoms with Crippen LogP contribution in [0.25, 0.3) is 0 Å². The number of rotatable bonds is 4. The van der Waals surface area contributed by atoms with Gasteiger partial charge in [-0.2, -0.15) is 5.10 Å². The molecule has 1 aliphatic rings. The average molecular weight is 497 g/mol. The fraction of sp³-hybridized carbons (Fsp3) is 0.500. The number of halogens is 2. The van der Waals surface area contributed by atoms with Gasteiger partial charge in [0.2, 0.25) is 0 Å². The smallest absolute Gasteiger partial charge is 0.408 e. The van der Waals surface area contributed by atoms with Crippen LogP contribution >= 0.6 is 27.5 Å². The number of hydrogen-bond acceptors (Lipinski definition) is 4. The van der Waals surface area contributed by atoms with Crippen LogP contribution in [0.2, 0.25) is 5.02 Å². The topological polar surface area (TPSA) is 73.2 Å². The van der Waals surface area contributed by atoms with Crippen LogP contribution in [0.4, 0.5) is 4.79 Å². The number of ether oxygens (including phenoxy) is 1. The second-order valence-corrected chi connectivity index (χ2v) is 9.94. The zero-order chi connectivity index (χ0) is 21.9. The number of alkyl carbamates (subject to hydrolysis) is 1. The fourth-order valence-electron chi connectivity index (χ4n) is 3.95. The molecule has 1 amide bonds. The van der Waals surface area contributed by atoms with E-state index in [2.05, 4.69) is 26.3 Å². The number of benzene rings is 1. The van der Waals surface area contributed by atoms with Crippen molar-refractivity contribution in [3.8, 4) is 0 Å². The minimum atomic E-state index is -0.575. The van der Waals surface area contributed by atoms with Gasteiger partial charge in [-0.25, -0.2) is 9.48 Å². The highest BCUT2D eigenvalue weighted by Gasteiger charge is 2.32. The van der Waals surface area contributed by atoms with Gasteiger partial charge in [-0.15, -0.1) is 0 Å². The first kappa shape index (κ1) is 22.8. The summed E-state index contributed by atoms with van der Waals surface area (Å²) in [7, 11) is 0. The lowest BCUT2D eigenvalue weighted by Crippen LogP contribution is -2.39. The maximum atomic E-state index is 12.5. The zero-order valence-electron chi connectivity index (χ0n) is 17.4. The van der Waals surface area contributed by atoms with Crippen molar-refractivity contribution < 1.29 is 9.53 Å². The zero-order valence-corrected chi connectivity index (χ0v) is 19.7. The minimum absolute atomic E-state index is 0.0489. The maximum absolute atomic E-state index is 12.5. The Bertz CT molecular complexity index is 949. The normalized spacial score (nSPS) is 20.4. The predicted molar refractivity (Wildman–Crippen MR) is 121 cm³/mol. The molecule has 0 radical (unpaired) electrons. The monoisotopic (exact) mass is 495 g/mol. The number of carbonyl (C=O) groups excluding carboxylic acids is 1. The molecule has 0 aliphatic heterocycles. The lowest BCUT2D eigenvalue weighted by atomic mass is 9.79. The third-order valence-electron chi connectivity index (χ3n) is 5.23. The molecule has 0 bridgehead atoms. The van der Waals surface area contributed by atoms with E-state index in [4.69, 9.17) is 16.3 Å². The Morgan fingerprint density at radius 2 is 1.93 bits per heavy atom. The van der Waals surface area contributed by atoms with Crippen molar-refractivity contribution >= 4 is 33.6 Å². The minimum Gasteiger partial charge on any atom is -0.444 e. The largest absolute Gasteiger partial charge is 0.444 e. The van der Waals surface area contributed by atoms with E-state index in [1.807, 2.05) is 45.0 Å². The van der Waals surface area contributed by atoms with E-state index in [9.17, 15) is 9.59 Å². The van der Waals surface area contributed by atoms with Crippen molar-refractivity contribution in [1.82, 2.24) is 15.1 Å². The van der Waals surface area contributed by atoms with E-state index in [1.165, 1.54) is 6.07 Å². The second-order valence-electron chi connectivity index (χ2n) is 8.69. The van der Waals surface area contributed by atoms with Crippen LogP contribution in [0.15, 0.2) is 45.8 Å². The van der Waals surface area contributed by atoms with Crippen LogP contribution < -0.4 is 10.9 Å². The molecule has 8 heteroatoms. The van der Waals surface area contributed by atoms with E-state index in [1.54, 1.807) is 10.7 Å². The lowest BCUT2D eigenvalue weighted by molar-refractivity contribution is 0.0471. The summed E-state index contributed by atoms with van der Waals surface area (Å²) >= 11 is 9.55. The van der Waals surface area contributed by atoms with Gasteiger partial charge >= 0.3 is 6.09 Å². The summed E-state index contributed by atoms with van der Waals surface area (Å²) < 4.78 is 7.70. The van der Waals surface area contributed by atoms with E-state index < -0.39 is 11.7 Å². The number of amides is 1. The Morgan fingerprint density at radius 3 is 2.57 bits per heavy atom. The second kappa shape index (κ2) is 9.52. The van der Waals surface area contributed by atoms with Crippen LogP contribution in [0.1, 0.15) is 64.1 Å².